The number of rotatable bonds is 7. The Morgan fingerprint density at radius 1 is 1.04 bits per heavy atom. The largest absolute Gasteiger partial charge is 0.380 e. The smallest absolute Gasteiger partial charge is 0.272 e. The van der Waals surface area contributed by atoms with Crippen molar-refractivity contribution >= 4 is 34.9 Å². The Hall–Kier alpha value is -3.22. The van der Waals surface area contributed by atoms with Crippen molar-refractivity contribution in [3.63, 3.8) is 0 Å². The number of hydrogen-bond donors (Lipinski definition) is 2. The van der Waals surface area contributed by atoms with Crippen LogP contribution in [0.4, 0.5) is 5.69 Å². The van der Waals surface area contributed by atoms with Crippen LogP contribution in [0.2, 0.25) is 0 Å². The molecular formula is C22H20N2O3S. The first-order chi connectivity index (χ1) is 13.7. The van der Waals surface area contributed by atoms with Gasteiger partial charge in [-0.25, -0.2) is 0 Å². The molecule has 0 aliphatic heterocycles. The molecular weight excluding hydrogens is 372 g/mol. The minimum absolute atomic E-state index is 0.174. The van der Waals surface area contributed by atoms with Crippen molar-refractivity contribution in [3.8, 4) is 0 Å². The van der Waals surface area contributed by atoms with E-state index in [0.29, 0.717) is 17.9 Å². The molecule has 2 amide bonds. The SMILES string of the molecule is COCc1cccc(NC(=O)/C(=C/c2cccs2)NC(=O)c2ccccc2)c1. The number of methoxy groups -OCH3 is 1. The van der Waals surface area contributed by atoms with Crippen molar-refractivity contribution < 1.29 is 14.3 Å². The van der Waals surface area contributed by atoms with Gasteiger partial charge in [0.2, 0.25) is 0 Å². The average Bonchev–Trinajstić information content (AvgIpc) is 3.22. The van der Waals surface area contributed by atoms with E-state index in [0.717, 1.165) is 10.4 Å². The van der Waals surface area contributed by atoms with Gasteiger partial charge in [0.15, 0.2) is 0 Å². The summed E-state index contributed by atoms with van der Waals surface area (Å²) in [7, 11) is 1.62. The third kappa shape index (κ3) is 5.39. The number of carbonyl (C=O) groups is 2. The molecule has 6 heteroatoms. The van der Waals surface area contributed by atoms with Crippen molar-refractivity contribution in [2.24, 2.45) is 0 Å². The number of amides is 2. The van der Waals surface area contributed by atoms with Crippen molar-refractivity contribution in [1.82, 2.24) is 5.32 Å². The van der Waals surface area contributed by atoms with Crippen molar-refractivity contribution in [1.29, 1.82) is 0 Å². The number of carbonyl (C=O) groups excluding carboxylic acids is 2. The third-order valence-electron chi connectivity index (χ3n) is 3.85. The van der Waals surface area contributed by atoms with Crippen molar-refractivity contribution in [2.75, 3.05) is 12.4 Å². The lowest BCUT2D eigenvalue weighted by atomic mass is 10.2. The van der Waals surface area contributed by atoms with Crippen LogP contribution in [0, 0.1) is 0 Å². The fourth-order valence-corrected chi connectivity index (χ4v) is 3.22. The normalized spacial score (nSPS) is 11.1. The number of thiophene rings is 1. The summed E-state index contributed by atoms with van der Waals surface area (Å²) in [6, 6.07) is 19.9. The van der Waals surface area contributed by atoms with Crippen LogP contribution in [0.1, 0.15) is 20.8 Å². The molecule has 142 valence electrons. The van der Waals surface area contributed by atoms with Crippen LogP contribution in [-0.2, 0) is 16.1 Å². The van der Waals surface area contributed by atoms with E-state index in [9.17, 15) is 9.59 Å². The summed E-state index contributed by atoms with van der Waals surface area (Å²) >= 11 is 1.48. The van der Waals surface area contributed by atoms with Crippen LogP contribution in [0.15, 0.2) is 77.8 Å². The lowest BCUT2D eigenvalue weighted by Gasteiger charge is -2.12. The first kappa shape index (κ1) is 19.5. The van der Waals surface area contributed by atoms with E-state index >= 15 is 0 Å². The van der Waals surface area contributed by atoms with E-state index in [1.54, 1.807) is 43.5 Å². The van der Waals surface area contributed by atoms with Crippen molar-refractivity contribution in [3.05, 3.63) is 93.8 Å². The molecule has 0 saturated heterocycles. The maximum Gasteiger partial charge on any atom is 0.272 e. The fourth-order valence-electron chi connectivity index (χ4n) is 2.56. The Balaban J connectivity index is 1.81. The summed E-state index contributed by atoms with van der Waals surface area (Å²) in [6.45, 7) is 0.451. The molecule has 0 aliphatic rings. The first-order valence-electron chi connectivity index (χ1n) is 8.66. The summed E-state index contributed by atoms with van der Waals surface area (Å²) in [5, 5.41) is 7.47. The molecule has 0 spiro atoms. The van der Waals surface area contributed by atoms with Crippen LogP contribution >= 0.6 is 11.3 Å². The second-order valence-electron chi connectivity index (χ2n) is 5.98. The molecule has 3 aromatic rings. The molecule has 0 unspecified atom stereocenters. The van der Waals surface area contributed by atoms with E-state index in [2.05, 4.69) is 10.6 Å². The second kappa shape index (κ2) is 9.64. The van der Waals surface area contributed by atoms with Crippen LogP contribution in [0.3, 0.4) is 0 Å². The third-order valence-corrected chi connectivity index (χ3v) is 4.67. The number of benzene rings is 2. The van der Waals surface area contributed by atoms with E-state index in [4.69, 9.17) is 4.74 Å². The van der Waals surface area contributed by atoms with Gasteiger partial charge in [-0.15, -0.1) is 11.3 Å². The minimum atomic E-state index is -0.396. The zero-order valence-corrected chi connectivity index (χ0v) is 16.2. The molecule has 28 heavy (non-hydrogen) atoms. The molecule has 3 rings (SSSR count). The van der Waals surface area contributed by atoms with Crippen LogP contribution < -0.4 is 10.6 Å². The van der Waals surface area contributed by atoms with Gasteiger partial charge in [-0.2, -0.15) is 0 Å². The Bertz CT molecular complexity index is 966. The molecule has 5 nitrogen and oxygen atoms in total. The summed E-state index contributed by atoms with van der Waals surface area (Å²) in [6.07, 6.45) is 1.67. The quantitative estimate of drug-likeness (QED) is 0.589. The molecule has 2 aromatic carbocycles. The average molecular weight is 392 g/mol. The highest BCUT2D eigenvalue weighted by Crippen LogP contribution is 2.16. The number of ether oxygens (including phenoxy) is 1. The van der Waals surface area contributed by atoms with E-state index in [1.807, 2.05) is 41.8 Å². The Kier molecular flexibility index (Phi) is 6.73. The predicted molar refractivity (Wildman–Crippen MR) is 112 cm³/mol. The Morgan fingerprint density at radius 2 is 1.86 bits per heavy atom. The predicted octanol–water partition coefficient (Wildman–Crippen LogP) is 4.30. The van der Waals surface area contributed by atoms with Gasteiger partial charge >= 0.3 is 0 Å². The number of anilines is 1. The zero-order valence-electron chi connectivity index (χ0n) is 15.3. The van der Waals surface area contributed by atoms with Gasteiger partial charge in [0.1, 0.15) is 5.70 Å². The summed E-state index contributed by atoms with van der Waals surface area (Å²) in [4.78, 5) is 26.3. The molecule has 0 atom stereocenters. The van der Waals surface area contributed by atoms with Gasteiger partial charge in [-0.1, -0.05) is 36.4 Å². The van der Waals surface area contributed by atoms with Crippen LogP contribution in [0.5, 0.6) is 0 Å². The monoisotopic (exact) mass is 392 g/mol. The van der Waals surface area contributed by atoms with Gasteiger partial charge in [0.25, 0.3) is 11.8 Å². The molecule has 1 heterocycles. The summed E-state index contributed by atoms with van der Waals surface area (Å²) in [5.74, 6) is -0.737. The summed E-state index contributed by atoms with van der Waals surface area (Å²) < 4.78 is 5.13. The molecule has 0 aliphatic carbocycles. The maximum atomic E-state index is 12.9. The first-order valence-corrected chi connectivity index (χ1v) is 9.54. The van der Waals surface area contributed by atoms with Gasteiger partial charge in [0, 0.05) is 23.2 Å². The Labute approximate surface area is 167 Å². The molecule has 0 saturated carbocycles. The van der Waals surface area contributed by atoms with Gasteiger partial charge in [0.05, 0.1) is 6.61 Å². The second-order valence-corrected chi connectivity index (χ2v) is 6.96. The van der Waals surface area contributed by atoms with E-state index in [1.165, 1.54) is 11.3 Å². The van der Waals surface area contributed by atoms with Crippen LogP contribution in [0.25, 0.3) is 6.08 Å². The number of nitrogens with one attached hydrogen (secondary N) is 2. The standard InChI is InChI=1S/C22H20N2O3S/c1-27-15-16-7-5-10-18(13-16)23-22(26)20(14-19-11-6-12-28-19)24-21(25)17-8-3-2-4-9-17/h2-14H,15H2,1H3,(H,23,26)(H,24,25)/b20-14-. The minimum Gasteiger partial charge on any atom is -0.380 e. The van der Waals surface area contributed by atoms with Crippen LogP contribution in [-0.4, -0.2) is 18.9 Å². The highest BCUT2D eigenvalue weighted by molar-refractivity contribution is 7.10. The highest BCUT2D eigenvalue weighted by Gasteiger charge is 2.15. The van der Waals surface area contributed by atoms with Crippen molar-refractivity contribution in [2.45, 2.75) is 6.61 Å². The molecule has 0 bridgehead atoms. The zero-order chi connectivity index (χ0) is 19.8. The van der Waals surface area contributed by atoms with Gasteiger partial charge in [-0.3, -0.25) is 9.59 Å². The molecule has 0 fully saturated rings. The Morgan fingerprint density at radius 3 is 2.57 bits per heavy atom. The van der Waals surface area contributed by atoms with E-state index in [-0.39, 0.29) is 11.6 Å². The van der Waals surface area contributed by atoms with Gasteiger partial charge in [-0.05, 0) is 47.4 Å². The number of hydrogen-bond acceptors (Lipinski definition) is 4. The van der Waals surface area contributed by atoms with Gasteiger partial charge < -0.3 is 15.4 Å². The fraction of sp³-hybridized carbons (Fsp3) is 0.0909. The van der Waals surface area contributed by atoms with E-state index < -0.39 is 5.91 Å². The molecule has 0 radical (unpaired) electrons. The lowest BCUT2D eigenvalue weighted by Crippen LogP contribution is -2.30. The topological polar surface area (TPSA) is 67.4 Å². The summed E-state index contributed by atoms with van der Waals surface area (Å²) in [5.41, 5.74) is 2.23. The molecule has 1 aromatic heterocycles. The maximum absolute atomic E-state index is 12.9. The molecule has 2 N–H and O–H groups in total. The lowest BCUT2D eigenvalue weighted by molar-refractivity contribution is -0.113. The highest BCUT2D eigenvalue weighted by atomic mass is 32.1.